The molecule has 4 rings (SSSR count). The molecule has 1 aliphatic heterocycles. The van der Waals surface area contributed by atoms with E-state index in [1.165, 1.54) is 6.33 Å². The van der Waals surface area contributed by atoms with Crippen molar-refractivity contribution in [2.75, 3.05) is 13.2 Å². The number of rotatable bonds is 7. The van der Waals surface area contributed by atoms with E-state index in [0.29, 0.717) is 30.8 Å². The number of hydrogen-bond acceptors (Lipinski definition) is 5. The molecule has 3 heterocycles. The van der Waals surface area contributed by atoms with Gasteiger partial charge in [0.05, 0.1) is 18.7 Å². The lowest BCUT2D eigenvalue weighted by atomic mass is 9.99. The van der Waals surface area contributed by atoms with Gasteiger partial charge in [-0.25, -0.2) is 14.5 Å². The first kappa shape index (κ1) is 20.8. The van der Waals surface area contributed by atoms with Crippen LogP contribution in [0, 0.1) is 0 Å². The molecule has 162 valence electrons. The van der Waals surface area contributed by atoms with E-state index >= 15 is 0 Å². The Labute approximate surface area is 181 Å². The van der Waals surface area contributed by atoms with Crippen molar-refractivity contribution in [3.8, 4) is 0 Å². The fourth-order valence-electron chi connectivity index (χ4n) is 4.02. The summed E-state index contributed by atoms with van der Waals surface area (Å²) in [6, 6.07) is 11.1. The van der Waals surface area contributed by atoms with Crippen molar-refractivity contribution in [3.05, 3.63) is 72.1 Å². The number of amides is 1. The summed E-state index contributed by atoms with van der Waals surface area (Å²) in [4.78, 5) is 31.2. The molecule has 1 fully saturated rings. The maximum atomic E-state index is 12.9. The van der Waals surface area contributed by atoms with Crippen molar-refractivity contribution in [1.82, 2.24) is 24.2 Å². The number of hydrogen-bond donors (Lipinski definition) is 0. The third kappa shape index (κ3) is 5.02. The Hall–Kier alpha value is -3.42. The summed E-state index contributed by atoms with van der Waals surface area (Å²) in [6.45, 7) is 1.64. The highest BCUT2D eigenvalue weighted by atomic mass is 16.5. The fraction of sp³-hybridized carbons (Fsp3) is 0.391. The Bertz CT molecular complexity index is 1010. The van der Waals surface area contributed by atoms with Gasteiger partial charge in [-0.15, -0.1) is 0 Å². The number of nitrogens with zero attached hydrogens (tertiary/aromatic N) is 5. The summed E-state index contributed by atoms with van der Waals surface area (Å²) in [5.74, 6) is -0.296. The van der Waals surface area contributed by atoms with Crippen molar-refractivity contribution < 1.29 is 14.3 Å². The Morgan fingerprint density at radius 2 is 2.00 bits per heavy atom. The lowest BCUT2D eigenvalue weighted by molar-refractivity contribution is 0.0406. The van der Waals surface area contributed by atoms with E-state index in [0.717, 1.165) is 31.4 Å². The summed E-state index contributed by atoms with van der Waals surface area (Å²) in [7, 11) is 1.88. The summed E-state index contributed by atoms with van der Waals surface area (Å²) in [5, 5.41) is 4.08. The number of carbonyl (C=O) groups excluding carboxylic acids is 2. The second kappa shape index (κ2) is 9.59. The number of piperidine rings is 1. The minimum absolute atomic E-state index is 0.0477. The molecule has 1 atom stereocenters. The van der Waals surface area contributed by atoms with Crippen LogP contribution < -0.4 is 0 Å². The third-order valence-corrected chi connectivity index (χ3v) is 5.74. The van der Waals surface area contributed by atoms with Gasteiger partial charge < -0.3 is 14.2 Å². The standard InChI is InChI=1S/C23H27N5O3/c1-26-12-4-6-21(26)22(29)28-13-3-2-5-20(28)11-14-31-23(30)19-9-7-18(8-10-19)15-27-17-24-16-25-27/h4,6-10,12,16-17,20H,2-3,5,11,13-15H2,1H3. The van der Waals surface area contributed by atoms with Gasteiger partial charge >= 0.3 is 5.97 Å². The molecular weight excluding hydrogens is 394 g/mol. The maximum Gasteiger partial charge on any atom is 0.338 e. The maximum absolute atomic E-state index is 12.9. The van der Waals surface area contributed by atoms with Crippen molar-refractivity contribution in [3.63, 3.8) is 0 Å². The van der Waals surface area contributed by atoms with Crippen LogP contribution in [0.1, 0.15) is 52.1 Å². The topological polar surface area (TPSA) is 82.2 Å². The molecule has 1 amide bonds. The van der Waals surface area contributed by atoms with Crippen LogP contribution in [0.3, 0.4) is 0 Å². The van der Waals surface area contributed by atoms with Gasteiger partial charge in [-0.2, -0.15) is 5.10 Å². The quantitative estimate of drug-likeness (QED) is 0.548. The van der Waals surface area contributed by atoms with Gasteiger partial charge in [0, 0.05) is 32.3 Å². The SMILES string of the molecule is Cn1cccc1C(=O)N1CCCCC1CCOC(=O)c1ccc(Cn2cncn2)cc1. The largest absolute Gasteiger partial charge is 0.462 e. The zero-order valence-corrected chi connectivity index (χ0v) is 17.7. The summed E-state index contributed by atoms with van der Waals surface area (Å²) in [6.07, 6.45) is 8.70. The molecule has 0 spiro atoms. The number of likely N-dealkylation sites (tertiary alicyclic amines) is 1. The van der Waals surface area contributed by atoms with Crippen LogP contribution in [0.25, 0.3) is 0 Å². The number of ether oxygens (including phenoxy) is 1. The van der Waals surface area contributed by atoms with Crippen LogP contribution in [-0.2, 0) is 18.3 Å². The molecule has 1 aliphatic rings. The number of aromatic nitrogens is 4. The molecule has 0 saturated carbocycles. The molecule has 0 bridgehead atoms. The second-order valence-corrected chi connectivity index (χ2v) is 7.87. The molecular formula is C23H27N5O3. The average Bonchev–Trinajstić information content (AvgIpc) is 3.46. The van der Waals surface area contributed by atoms with Crippen molar-refractivity contribution >= 4 is 11.9 Å². The average molecular weight is 422 g/mol. The first-order valence-corrected chi connectivity index (χ1v) is 10.6. The van der Waals surface area contributed by atoms with E-state index in [4.69, 9.17) is 4.74 Å². The number of benzene rings is 1. The van der Waals surface area contributed by atoms with Crippen LogP contribution in [0.2, 0.25) is 0 Å². The Kier molecular flexibility index (Phi) is 6.45. The van der Waals surface area contributed by atoms with Gasteiger partial charge in [0.2, 0.25) is 0 Å². The Balaban J connectivity index is 1.29. The highest BCUT2D eigenvalue weighted by Crippen LogP contribution is 2.22. The molecule has 8 heteroatoms. The van der Waals surface area contributed by atoms with Gasteiger partial charge in [0.1, 0.15) is 18.3 Å². The zero-order valence-electron chi connectivity index (χ0n) is 17.7. The van der Waals surface area contributed by atoms with Gasteiger partial charge in [-0.3, -0.25) is 4.79 Å². The molecule has 0 N–H and O–H groups in total. The minimum atomic E-state index is -0.344. The first-order chi connectivity index (χ1) is 15.1. The molecule has 1 saturated heterocycles. The molecule has 1 unspecified atom stereocenters. The fourth-order valence-corrected chi connectivity index (χ4v) is 4.02. The van der Waals surface area contributed by atoms with Crippen LogP contribution in [-0.4, -0.2) is 55.3 Å². The molecule has 0 aliphatic carbocycles. The van der Waals surface area contributed by atoms with Crippen LogP contribution in [0.15, 0.2) is 55.2 Å². The smallest absolute Gasteiger partial charge is 0.338 e. The van der Waals surface area contributed by atoms with Crippen LogP contribution >= 0.6 is 0 Å². The zero-order chi connectivity index (χ0) is 21.6. The summed E-state index contributed by atoms with van der Waals surface area (Å²) >= 11 is 0. The predicted octanol–water partition coefficient (Wildman–Crippen LogP) is 2.91. The molecule has 8 nitrogen and oxygen atoms in total. The minimum Gasteiger partial charge on any atom is -0.462 e. The van der Waals surface area contributed by atoms with Gasteiger partial charge in [0.25, 0.3) is 5.91 Å². The van der Waals surface area contributed by atoms with Crippen molar-refractivity contribution in [1.29, 1.82) is 0 Å². The van der Waals surface area contributed by atoms with Gasteiger partial charge in [0.15, 0.2) is 0 Å². The van der Waals surface area contributed by atoms with Gasteiger partial charge in [-0.05, 0) is 49.1 Å². The van der Waals surface area contributed by atoms with Crippen LogP contribution in [0.5, 0.6) is 0 Å². The van der Waals surface area contributed by atoms with E-state index in [-0.39, 0.29) is 17.9 Å². The first-order valence-electron chi connectivity index (χ1n) is 10.6. The van der Waals surface area contributed by atoms with E-state index in [9.17, 15) is 9.59 Å². The lowest BCUT2D eigenvalue weighted by Gasteiger charge is -2.35. The highest BCUT2D eigenvalue weighted by Gasteiger charge is 2.28. The molecule has 31 heavy (non-hydrogen) atoms. The lowest BCUT2D eigenvalue weighted by Crippen LogP contribution is -2.44. The monoisotopic (exact) mass is 421 g/mol. The predicted molar refractivity (Wildman–Crippen MR) is 115 cm³/mol. The van der Waals surface area contributed by atoms with E-state index in [2.05, 4.69) is 10.1 Å². The molecule has 3 aromatic rings. The highest BCUT2D eigenvalue weighted by molar-refractivity contribution is 5.93. The normalized spacial score (nSPS) is 16.3. The number of esters is 1. The Morgan fingerprint density at radius 3 is 2.71 bits per heavy atom. The van der Waals surface area contributed by atoms with E-state index in [1.807, 2.05) is 47.0 Å². The summed E-state index contributed by atoms with van der Waals surface area (Å²) < 4.78 is 9.08. The van der Waals surface area contributed by atoms with E-state index < -0.39 is 0 Å². The number of aryl methyl sites for hydroxylation is 1. The second-order valence-electron chi connectivity index (χ2n) is 7.87. The summed E-state index contributed by atoms with van der Waals surface area (Å²) in [5.41, 5.74) is 2.23. The molecule has 2 aromatic heterocycles. The molecule has 0 radical (unpaired) electrons. The van der Waals surface area contributed by atoms with Gasteiger partial charge in [-0.1, -0.05) is 12.1 Å². The van der Waals surface area contributed by atoms with E-state index in [1.54, 1.807) is 23.1 Å². The van der Waals surface area contributed by atoms with Crippen LogP contribution in [0.4, 0.5) is 0 Å². The van der Waals surface area contributed by atoms with Crippen molar-refractivity contribution in [2.24, 2.45) is 7.05 Å². The Morgan fingerprint density at radius 1 is 1.16 bits per heavy atom. The molecule has 1 aromatic carbocycles. The number of carbonyl (C=O) groups is 2. The van der Waals surface area contributed by atoms with Crippen molar-refractivity contribution in [2.45, 2.75) is 38.3 Å². The third-order valence-electron chi connectivity index (χ3n) is 5.74.